The summed E-state index contributed by atoms with van der Waals surface area (Å²) in [6.07, 6.45) is 6.11. The topological polar surface area (TPSA) is 58.4 Å². The molecule has 0 aromatic carbocycles. The van der Waals surface area contributed by atoms with Gasteiger partial charge in [-0.3, -0.25) is 14.4 Å². The minimum atomic E-state index is -0.885. The number of aryl methyl sites for hydroxylation is 2. The zero-order valence-corrected chi connectivity index (χ0v) is 12.8. The van der Waals surface area contributed by atoms with Crippen molar-refractivity contribution in [2.24, 2.45) is 0 Å². The summed E-state index contributed by atoms with van der Waals surface area (Å²) < 4.78 is 2.83. The van der Waals surface area contributed by atoms with Crippen LogP contribution < -0.4 is 0 Å². The van der Waals surface area contributed by atoms with Crippen molar-refractivity contribution in [3.8, 4) is 12.3 Å². The second kappa shape index (κ2) is 7.31. The highest BCUT2D eigenvalue weighted by molar-refractivity contribution is 9.10. The van der Waals surface area contributed by atoms with Crippen molar-refractivity contribution in [3.05, 3.63) is 15.9 Å². The maximum Gasteiger partial charge on any atom is 0.317 e. The highest BCUT2D eigenvalue weighted by atomic mass is 79.9. The molecule has 6 heteroatoms. The molecule has 1 aromatic heterocycles. The first-order valence-electron chi connectivity index (χ1n) is 6.15. The molecule has 0 aliphatic heterocycles. The first-order valence-corrected chi connectivity index (χ1v) is 6.94. The van der Waals surface area contributed by atoms with Crippen molar-refractivity contribution in [1.29, 1.82) is 0 Å². The maximum absolute atomic E-state index is 10.8. The van der Waals surface area contributed by atoms with Gasteiger partial charge in [-0.2, -0.15) is 5.10 Å². The van der Waals surface area contributed by atoms with Gasteiger partial charge in [-0.15, -0.1) is 6.42 Å². The van der Waals surface area contributed by atoms with Crippen LogP contribution in [0.5, 0.6) is 0 Å². The lowest BCUT2D eigenvalue weighted by Crippen LogP contribution is -2.30. The molecule has 0 bridgehead atoms. The third-order valence-corrected chi connectivity index (χ3v) is 3.66. The van der Waals surface area contributed by atoms with Crippen molar-refractivity contribution in [3.63, 3.8) is 0 Å². The summed E-state index contributed by atoms with van der Waals surface area (Å²) in [5.74, 6) is 1.60. The Hall–Kier alpha value is -1.32. The van der Waals surface area contributed by atoms with E-state index in [0.717, 1.165) is 28.8 Å². The lowest BCUT2D eigenvalue weighted by atomic mass is 10.3. The first-order chi connectivity index (χ1) is 9.03. The predicted octanol–water partition coefficient (Wildman–Crippen LogP) is 1.75. The van der Waals surface area contributed by atoms with E-state index in [0.29, 0.717) is 13.1 Å². The van der Waals surface area contributed by atoms with E-state index in [1.165, 1.54) is 0 Å². The van der Waals surface area contributed by atoms with Gasteiger partial charge < -0.3 is 5.11 Å². The third-order valence-electron chi connectivity index (χ3n) is 2.74. The molecule has 19 heavy (non-hydrogen) atoms. The van der Waals surface area contributed by atoms with E-state index in [1.54, 1.807) is 4.90 Å². The number of carbonyl (C=O) groups is 1. The van der Waals surface area contributed by atoms with Crippen molar-refractivity contribution in [2.75, 3.05) is 13.1 Å². The standard InChI is InChI=1S/C13H18BrN3O2/c1-4-7-16(9-12(18)19)8-11-13(14)10(5-2)15-17(11)6-3/h1H,5-9H2,2-3H3,(H,18,19). The number of halogens is 1. The van der Waals surface area contributed by atoms with Gasteiger partial charge in [-0.1, -0.05) is 12.8 Å². The predicted molar refractivity (Wildman–Crippen MR) is 76.7 cm³/mol. The van der Waals surface area contributed by atoms with Crippen molar-refractivity contribution in [2.45, 2.75) is 33.4 Å². The van der Waals surface area contributed by atoms with Gasteiger partial charge in [0.15, 0.2) is 0 Å². The number of hydrogen-bond donors (Lipinski definition) is 1. The zero-order valence-electron chi connectivity index (χ0n) is 11.2. The average molecular weight is 328 g/mol. The molecule has 0 saturated carbocycles. The summed E-state index contributed by atoms with van der Waals surface area (Å²) in [7, 11) is 0. The van der Waals surface area contributed by atoms with Crippen LogP contribution in [-0.2, 0) is 24.3 Å². The molecule has 0 saturated heterocycles. The summed E-state index contributed by atoms with van der Waals surface area (Å²) in [4.78, 5) is 12.5. The molecule has 0 amide bonds. The van der Waals surface area contributed by atoms with Gasteiger partial charge in [0, 0.05) is 13.1 Å². The van der Waals surface area contributed by atoms with Crippen LogP contribution in [0.1, 0.15) is 25.2 Å². The number of nitrogens with zero attached hydrogens (tertiary/aromatic N) is 3. The SMILES string of the molecule is C#CCN(CC(=O)O)Cc1c(Br)c(CC)nn1CC. The maximum atomic E-state index is 10.8. The minimum absolute atomic E-state index is 0.0764. The Kier molecular flexibility index (Phi) is 6.06. The Morgan fingerprint density at radius 1 is 1.58 bits per heavy atom. The molecule has 5 nitrogen and oxygen atoms in total. The Labute approximate surface area is 121 Å². The molecule has 0 radical (unpaired) electrons. The van der Waals surface area contributed by atoms with E-state index < -0.39 is 5.97 Å². The summed E-state index contributed by atoms with van der Waals surface area (Å²) in [6.45, 7) is 5.48. The number of carboxylic acid groups (broad SMARTS) is 1. The summed E-state index contributed by atoms with van der Waals surface area (Å²) >= 11 is 3.54. The molecule has 0 aliphatic carbocycles. The normalized spacial score (nSPS) is 10.7. The van der Waals surface area contributed by atoms with Crippen molar-refractivity contribution < 1.29 is 9.90 Å². The molecule has 1 rings (SSSR count). The molecule has 1 aromatic rings. The highest BCUT2D eigenvalue weighted by Gasteiger charge is 2.18. The van der Waals surface area contributed by atoms with Crippen LogP contribution in [0.4, 0.5) is 0 Å². The summed E-state index contributed by atoms with van der Waals surface area (Å²) in [6, 6.07) is 0. The van der Waals surface area contributed by atoms with Crippen LogP contribution in [0.25, 0.3) is 0 Å². The third kappa shape index (κ3) is 4.08. The van der Waals surface area contributed by atoms with E-state index in [-0.39, 0.29) is 6.54 Å². The van der Waals surface area contributed by atoms with Gasteiger partial charge in [0.05, 0.1) is 29.0 Å². The summed E-state index contributed by atoms with van der Waals surface area (Å²) in [5, 5.41) is 13.4. The van der Waals surface area contributed by atoms with E-state index in [1.807, 2.05) is 18.5 Å². The quantitative estimate of drug-likeness (QED) is 0.775. The molecule has 0 aliphatic rings. The second-order valence-electron chi connectivity index (χ2n) is 4.12. The van der Waals surface area contributed by atoms with E-state index >= 15 is 0 Å². The molecular formula is C13H18BrN3O2. The van der Waals surface area contributed by atoms with E-state index in [2.05, 4.69) is 26.9 Å². The smallest absolute Gasteiger partial charge is 0.317 e. The largest absolute Gasteiger partial charge is 0.480 e. The fraction of sp³-hybridized carbons (Fsp3) is 0.538. The van der Waals surface area contributed by atoms with E-state index in [4.69, 9.17) is 11.5 Å². The first kappa shape index (κ1) is 15.7. The molecule has 0 atom stereocenters. The number of aliphatic carboxylic acids is 1. The number of rotatable bonds is 7. The molecule has 1 N–H and O–H groups in total. The van der Waals surface area contributed by atoms with Gasteiger partial charge in [-0.25, -0.2) is 0 Å². The fourth-order valence-electron chi connectivity index (χ4n) is 1.87. The monoisotopic (exact) mass is 327 g/mol. The van der Waals surface area contributed by atoms with Crippen LogP contribution >= 0.6 is 15.9 Å². The highest BCUT2D eigenvalue weighted by Crippen LogP contribution is 2.23. The fourth-order valence-corrected chi connectivity index (χ4v) is 2.56. The number of hydrogen-bond acceptors (Lipinski definition) is 3. The molecule has 0 unspecified atom stereocenters. The number of carboxylic acids is 1. The lowest BCUT2D eigenvalue weighted by Gasteiger charge is -2.18. The Morgan fingerprint density at radius 2 is 2.26 bits per heavy atom. The molecule has 0 fully saturated rings. The van der Waals surface area contributed by atoms with Crippen LogP contribution in [0.3, 0.4) is 0 Å². The van der Waals surface area contributed by atoms with Gasteiger partial charge >= 0.3 is 5.97 Å². The second-order valence-corrected chi connectivity index (χ2v) is 4.91. The number of terminal acetylenes is 1. The van der Waals surface area contributed by atoms with E-state index in [9.17, 15) is 4.79 Å². The molecule has 1 heterocycles. The number of aromatic nitrogens is 2. The van der Waals surface area contributed by atoms with Crippen LogP contribution in [0, 0.1) is 12.3 Å². The Bertz CT molecular complexity index is 491. The van der Waals surface area contributed by atoms with Gasteiger partial charge in [0.2, 0.25) is 0 Å². The van der Waals surface area contributed by atoms with Crippen molar-refractivity contribution >= 4 is 21.9 Å². The van der Waals surface area contributed by atoms with Crippen LogP contribution in [0.2, 0.25) is 0 Å². The van der Waals surface area contributed by atoms with Gasteiger partial charge in [0.1, 0.15) is 0 Å². The lowest BCUT2D eigenvalue weighted by molar-refractivity contribution is -0.138. The van der Waals surface area contributed by atoms with Crippen molar-refractivity contribution in [1.82, 2.24) is 14.7 Å². The van der Waals surface area contributed by atoms with Gasteiger partial charge in [-0.05, 0) is 29.3 Å². The van der Waals surface area contributed by atoms with Crippen LogP contribution in [-0.4, -0.2) is 38.8 Å². The minimum Gasteiger partial charge on any atom is -0.480 e. The molecular weight excluding hydrogens is 310 g/mol. The summed E-state index contributed by atoms with van der Waals surface area (Å²) in [5.41, 5.74) is 1.95. The Balaban J connectivity index is 2.98. The zero-order chi connectivity index (χ0) is 14.4. The molecule has 104 valence electrons. The molecule has 0 spiro atoms. The van der Waals surface area contributed by atoms with Crippen LogP contribution in [0.15, 0.2) is 4.47 Å². The Morgan fingerprint density at radius 3 is 2.74 bits per heavy atom. The average Bonchev–Trinajstić information content (AvgIpc) is 2.66. The van der Waals surface area contributed by atoms with Gasteiger partial charge in [0.25, 0.3) is 0 Å².